The molecule has 2 amide bonds. The summed E-state index contributed by atoms with van der Waals surface area (Å²) in [5.41, 5.74) is 1.32. The van der Waals surface area contributed by atoms with Gasteiger partial charge in [-0.15, -0.1) is 0 Å². The molecule has 0 radical (unpaired) electrons. The van der Waals surface area contributed by atoms with Gasteiger partial charge in [0.2, 0.25) is 11.8 Å². The van der Waals surface area contributed by atoms with Gasteiger partial charge in [0, 0.05) is 17.1 Å². The van der Waals surface area contributed by atoms with E-state index in [-0.39, 0.29) is 17.3 Å². The summed E-state index contributed by atoms with van der Waals surface area (Å²) < 4.78 is 28.6. The Kier molecular flexibility index (Phi) is 9.22. The Bertz CT molecular complexity index is 1390. The minimum atomic E-state index is -4.10. The zero-order chi connectivity index (χ0) is 28.1. The third-order valence-corrected chi connectivity index (χ3v) is 8.02. The molecule has 3 rings (SSSR count). The van der Waals surface area contributed by atoms with Crippen molar-refractivity contribution < 1.29 is 18.0 Å². The average molecular weight is 556 g/mol. The van der Waals surface area contributed by atoms with Crippen molar-refractivity contribution in [3.63, 3.8) is 0 Å². The molecular weight excluding hydrogens is 522 g/mol. The van der Waals surface area contributed by atoms with Crippen LogP contribution in [0.5, 0.6) is 0 Å². The van der Waals surface area contributed by atoms with Crippen LogP contribution in [0.15, 0.2) is 83.8 Å². The van der Waals surface area contributed by atoms with E-state index in [0.29, 0.717) is 16.3 Å². The van der Waals surface area contributed by atoms with E-state index < -0.39 is 34.1 Å². The highest BCUT2D eigenvalue weighted by Gasteiger charge is 2.33. The molecule has 1 atom stereocenters. The van der Waals surface area contributed by atoms with Crippen LogP contribution >= 0.6 is 11.6 Å². The van der Waals surface area contributed by atoms with Crippen LogP contribution in [-0.4, -0.2) is 43.3 Å². The number of hydrogen-bond acceptors (Lipinski definition) is 4. The molecule has 9 heteroatoms. The molecule has 0 spiro atoms. The molecule has 0 aliphatic rings. The lowest BCUT2D eigenvalue weighted by Gasteiger charge is -2.33. The van der Waals surface area contributed by atoms with E-state index in [0.717, 1.165) is 9.87 Å². The third-order valence-electron chi connectivity index (χ3n) is 5.86. The summed E-state index contributed by atoms with van der Waals surface area (Å²) in [5, 5.41) is 3.35. The number of anilines is 1. The second-order valence-corrected chi connectivity index (χ2v) is 12.5. The second kappa shape index (κ2) is 12.0. The number of carbonyl (C=O) groups is 2. The van der Waals surface area contributed by atoms with Crippen LogP contribution < -0.4 is 9.62 Å². The highest BCUT2D eigenvalue weighted by atomic mass is 35.5. The van der Waals surface area contributed by atoms with Crippen molar-refractivity contribution in [3.8, 4) is 0 Å². The summed E-state index contributed by atoms with van der Waals surface area (Å²) >= 11 is 6.39. The number of nitrogens with one attached hydrogen (secondary N) is 1. The number of carbonyl (C=O) groups excluding carboxylic acids is 2. The number of amides is 2. The Labute approximate surface area is 230 Å². The molecule has 7 nitrogen and oxygen atoms in total. The fourth-order valence-electron chi connectivity index (χ4n) is 3.90. The molecule has 38 heavy (non-hydrogen) atoms. The normalized spacial score (nSPS) is 12.5. The lowest BCUT2D eigenvalue weighted by molar-refractivity contribution is -0.140. The van der Waals surface area contributed by atoms with E-state index in [1.54, 1.807) is 67.6 Å². The minimum Gasteiger partial charge on any atom is -0.350 e. The maximum Gasteiger partial charge on any atom is 0.264 e. The van der Waals surface area contributed by atoms with Gasteiger partial charge in [-0.05, 0) is 76.1 Å². The molecule has 0 fully saturated rings. The summed E-state index contributed by atoms with van der Waals surface area (Å²) in [4.78, 5) is 28.5. The van der Waals surface area contributed by atoms with Gasteiger partial charge < -0.3 is 10.2 Å². The molecule has 0 aliphatic carbocycles. The van der Waals surface area contributed by atoms with Gasteiger partial charge in [-0.1, -0.05) is 60.1 Å². The van der Waals surface area contributed by atoms with E-state index in [4.69, 9.17) is 11.6 Å². The van der Waals surface area contributed by atoms with Crippen LogP contribution in [0.2, 0.25) is 5.02 Å². The number of aryl methyl sites for hydroxylation is 1. The number of halogens is 1. The van der Waals surface area contributed by atoms with Crippen LogP contribution in [0, 0.1) is 6.92 Å². The molecule has 0 aromatic heterocycles. The molecule has 0 bridgehead atoms. The maximum absolute atomic E-state index is 13.9. The van der Waals surface area contributed by atoms with Crippen molar-refractivity contribution in [1.29, 1.82) is 0 Å². The largest absolute Gasteiger partial charge is 0.350 e. The van der Waals surface area contributed by atoms with Crippen LogP contribution in [0.25, 0.3) is 0 Å². The standard InChI is InChI=1S/C29H34ClN3O4S/c1-21-12-11-14-24(18-21)33(38(36,37)25-15-7-6-8-16-25)20-27(34)32(19-23-13-9-10-17-26(23)30)22(2)28(35)31-29(3,4)5/h6-18,22H,19-20H2,1-5H3,(H,31,35). The predicted molar refractivity (Wildman–Crippen MR) is 152 cm³/mol. The first-order valence-electron chi connectivity index (χ1n) is 12.3. The summed E-state index contributed by atoms with van der Waals surface area (Å²) in [5.74, 6) is -0.895. The molecule has 0 saturated heterocycles. The average Bonchev–Trinajstić information content (AvgIpc) is 2.85. The van der Waals surface area contributed by atoms with Crippen molar-refractivity contribution in [2.45, 2.75) is 57.6 Å². The molecule has 202 valence electrons. The van der Waals surface area contributed by atoms with Gasteiger partial charge in [0.1, 0.15) is 12.6 Å². The monoisotopic (exact) mass is 555 g/mol. The minimum absolute atomic E-state index is 0.0320. The van der Waals surface area contributed by atoms with Gasteiger partial charge in [-0.2, -0.15) is 0 Å². The first-order valence-corrected chi connectivity index (χ1v) is 14.1. The molecular formula is C29H34ClN3O4S. The van der Waals surface area contributed by atoms with Crippen LogP contribution in [0.4, 0.5) is 5.69 Å². The highest BCUT2D eigenvalue weighted by molar-refractivity contribution is 7.92. The van der Waals surface area contributed by atoms with Gasteiger partial charge in [0.25, 0.3) is 10.0 Å². The SMILES string of the molecule is Cc1cccc(N(CC(=O)N(Cc2ccccc2Cl)C(C)C(=O)NC(C)(C)C)S(=O)(=O)c2ccccc2)c1. The van der Waals surface area contributed by atoms with E-state index in [1.165, 1.54) is 17.0 Å². The van der Waals surface area contributed by atoms with Crippen molar-refractivity contribution in [1.82, 2.24) is 10.2 Å². The van der Waals surface area contributed by atoms with Crippen LogP contribution in [-0.2, 0) is 26.2 Å². The zero-order valence-corrected chi connectivity index (χ0v) is 23.9. The molecule has 3 aromatic carbocycles. The van der Waals surface area contributed by atoms with E-state index in [2.05, 4.69) is 5.32 Å². The van der Waals surface area contributed by atoms with Gasteiger partial charge in [-0.25, -0.2) is 8.42 Å². The van der Waals surface area contributed by atoms with E-state index in [9.17, 15) is 18.0 Å². The van der Waals surface area contributed by atoms with Gasteiger partial charge in [-0.3, -0.25) is 13.9 Å². The predicted octanol–water partition coefficient (Wildman–Crippen LogP) is 5.18. The van der Waals surface area contributed by atoms with E-state index >= 15 is 0 Å². The molecule has 0 heterocycles. The summed E-state index contributed by atoms with van der Waals surface area (Å²) in [6.07, 6.45) is 0. The number of rotatable bonds is 9. The Hall–Kier alpha value is -3.36. The van der Waals surface area contributed by atoms with Crippen LogP contribution in [0.3, 0.4) is 0 Å². The third kappa shape index (κ3) is 7.36. The Morgan fingerprint density at radius 2 is 1.58 bits per heavy atom. The Morgan fingerprint density at radius 3 is 2.18 bits per heavy atom. The smallest absolute Gasteiger partial charge is 0.264 e. The zero-order valence-electron chi connectivity index (χ0n) is 22.3. The molecule has 1 unspecified atom stereocenters. The topological polar surface area (TPSA) is 86.8 Å². The molecule has 0 aliphatic heterocycles. The fourth-order valence-corrected chi connectivity index (χ4v) is 5.52. The second-order valence-electron chi connectivity index (χ2n) is 10.2. The van der Waals surface area contributed by atoms with Gasteiger partial charge in [0.05, 0.1) is 10.6 Å². The fraction of sp³-hybridized carbons (Fsp3) is 0.310. The summed E-state index contributed by atoms with van der Waals surface area (Å²) in [6, 6.07) is 21.1. The quantitative estimate of drug-likeness (QED) is 0.394. The summed E-state index contributed by atoms with van der Waals surface area (Å²) in [7, 11) is -4.10. The first-order chi connectivity index (χ1) is 17.8. The number of sulfonamides is 1. The Morgan fingerprint density at radius 1 is 0.947 bits per heavy atom. The highest BCUT2D eigenvalue weighted by Crippen LogP contribution is 2.26. The first kappa shape index (κ1) is 29.2. The van der Waals surface area contributed by atoms with Crippen molar-refractivity contribution in [2.24, 2.45) is 0 Å². The van der Waals surface area contributed by atoms with Gasteiger partial charge >= 0.3 is 0 Å². The lowest BCUT2D eigenvalue weighted by Crippen LogP contribution is -2.54. The van der Waals surface area contributed by atoms with Crippen molar-refractivity contribution in [3.05, 3.63) is 95.0 Å². The number of benzene rings is 3. The van der Waals surface area contributed by atoms with E-state index in [1.807, 2.05) is 33.8 Å². The summed E-state index contributed by atoms with van der Waals surface area (Å²) in [6.45, 7) is 8.56. The molecule has 3 aromatic rings. The maximum atomic E-state index is 13.9. The Balaban J connectivity index is 2.04. The number of hydrogen-bond donors (Lipinski definition) is 1. The molecule has 0 saturated carbocycles. The van der Waals surface area contributed by atoms with Crippen LogP contribution in [0.1, 0.15) is 38.8 Å². The number of nitrogens with zero attached hydrogens (tertiary/aromatic N) is 2. The lowest BCUT2D eigenvalue weighted by atomic mass is 10.1. The van der Waals surface area contributed by atoms with Crippen molar-refractivity contribution >= 4 is 39.1 Å². The van der Waals surface area contributed by atoms with Gasteiger partial charge in [0.15, 0.2) is 0 Å². The molecule has 1 N–H and O–H groups in total. The van der Waals surface area contributed by atoms with Crippen molar-refractivity contribution in [2.75, 3.05) is 10.8 Å².